The fourth-order valence-corrected chi connectivity index (χ4v) is 3.64. The molecule has 1 amide bonds. The first-order chi connectivity index (χ1) is 12.3. The minimum atomic E-state index is 0.105. The van der Waals surface area contributed by atoms with Crippen LogP contribution in [0, 0.1) is 5.92 Å². The van der Waals surface area contributed by atoms with Gasteiger partial charge in [-0.25, -0.2) is 4.98 Å². The maximum Gasteiger partial charge on any atom is 0.246 e. The Morgan fingerprint density at radius 1 is 1.20 bits per heavy atom. The van der Waals surface area contributed by atoms with Crippen molar-refractivity contribution < 1.29 is 4.79 Å². The molecule has 1 aromatic carbocycles. The molecule has 1 aliphatic heterocycles. The van der Waals surface area contributed by atoms with Gasteiger partial charge in [0.1, 0.15) is 5.82 Å². The van der Waals surface area contributed by atoms with Crippen molar-refractivity contribution in [3.8, 4) is 0 Å². The minimum absolute atomic E-state index is 0.105. The van der Waals surface area contributed by atoms with Gasteiger partial charge in [0.25, 0.3) is 0 Å². The van der Waals surface area contributed by atoms with Crippen LogP contribution in [0.15, 0.2) is 48.8 Å². The Balaban J connectivity index is 1.41. The number of imidazole rings is 1. The molecule has 1 saturated heterocycles. The van der Waals surface area contributed by atoms with Gasteiger partial charge in [-0.05, 0) is 43.2 Å². The van der Waals surface area contributed by atoms with Crippen LogP contribution < -0.4 is 0 Å². The predicted octanol–water partition coefficient (Wildman–Crippen LogP) is 3.71. The SMILES string of the molecule is O=C(C=Cc1ccccc1)N1CCCC(c2nccn2CC2CC2)C1. The van der Waals surface area contributed by atoms with E-state index in [0.717, 1.165) is 49.8 Å². The van der Waals surface area contributed by atoms with Gasteiger partial charge in [-0.3, -0.25) is 4.79 Å². The average Bonchev–Trinajstić information content (AvgIpc) is 3.35. The van der Waals surface area contributed by atoms with E-state index in [1.54, 1.807) is 6.08 Å². The van der Waals surface area contributed by atoms with Crippen LogP contribution >= 0.6 is 0 Å². The smallest absolute Gasteiger partial charge is 0.246 e. The molecule has 0 spiro atoms. The number of likely N-dealkylation sites (tertiary alicyclic amines) is 1. The van der Waals surface area contributed by atoms with Gasteiger partial charge in [0.2, 0.25) is 5.91 Å². The van der Waals surface area contributed by atoms with Gasteiger partial charge < -0.3 is 9.47 Å². The largest absolute Gasteiger partial charge is 0.338 e. The number of rotatable bonds is 5. The quantitative estimate of drug-likeness (QED) is 0.781. The Morgan fingerprint density at radius 3 is 2.84 bits per heavy atom. The monoisotopic (exact) mass is 335 g/mol. The van der Waals surface area contributed by atoms with Crippen molar-refractivity contribution in [1.82, 2.24) is 14.5 Å². The maximum absolute atomic E-state index is 12.6. The van der Waals surface area contributed by atoms with Crippen LogP contribution in [0.4, 0.5) is 0 Å². The highest BCUT2D eigenvalue weighted by atomic mass is 16.2. The Hall–Kier alpha value is -2.36. The first kappa shape index (κ1) is 16.1. The number of hydrogen-bond acceptors (Lipinski definition) is 2. The van der Waals surface area contributed by atoms with Crippen LogP contribution in [0.25, 0.3) is 6.08 Å². The minimum Gasteiger partial charge on any atom is -0.338 e. The fourth-order valence-electron chi connectivity index (χ4n) is 3.64. The van der Waals surface area contributed by atoms with Gasteiger partial charge in [-0.2, -0.15) is 0 Å². The topological polar surface area (TPSA) is 38.1 Å². The molecule has 0 bridgehead atoms. The summed E-state index contributed by atoms with van der Waals surface area (Å²) in [6.07, 6.45) is 12.5. The lowest BCUT2D eigenvalue weighted by Gasteiger charge is -2.32. The Morgan fingerprint density at radius 2 is 2.04 bits per heavy atom. The summed E-state index contributed by atoms with van der Waals surface area (Å²) in [5.41, 5.74) is 1.06. The average molecular weight is 335 g/mol. The fraction of sp³-hybridized carbons (Fsp3) is 0.429. The number of benzene rings is 1. The molecular formula is C21H25N3O. The van der Waals surface area contributed by atoms with E-state index in [1.807, 2.05) is 47.5 Å². The maximum atomic E-state index is 12.6. The first-order valence-corrected chi connectivity index (χ1v) is 9.32. The standard InChI is InChI=1S/C21H25N3O/c25-20(11-10-17-5-2-1-3-6-17)23-13-4-7-19(16-23)21-22-12-14-24(21)15-18-8-9-18/h1-3,5-6,10-12,14,18-19H,4,7-9,13,15-16H2. The van der Waals surface area contributed by atoms with Gasteiger partial charge in [0.15, 0.2) is 0 Å². The van der Waals surface area contributed by atoms with Gasteiger partial charge >= 0.3 is 0 Å². The number of amides is 1. The van der Waals surface area contributed by atoms with Gasteiger partial charge in [0, 0.05) is 44.0 Å². The molecule has 1 aliphatic carbocycles. The Bertz CT molecular complexity index is 746. The van der Waals surface area contributed by atoms with E-state index in [0.29, 0.717) is 5.92 Å². The molecule has 4 nitrogen and oxygen atoms in total. The van der Waals surface area contributed by atoms with Crippen LogP contribution in [0.1, 0.15) is 43.0 Å². The van der Waals surface area contributed by atoms with Crippen molar-refractivity contribution >= 4 is 12.0 Å². The number of hydrogen-bond donors (Lipinski definition) is 0. The molecule has 0 N–H and O–H groups in total. The third-order valence-corrected chi connectivity index (χ3v) is 5.22. The van der Waals surface area contributed by atoms with Crippen LogP contribution in [-0.2, 0) is 11.3 Å². The lowest BCUT2D eigenvalue weighted by Crippen LogP contribution is -2.38. The van der Waals surface area contributed by atoms with E-state index in [2.05, 4.69) is 15.7 Å². The summed E-state index contributed by atoms with van der Waals surface area (Å²) in [5, 5.41) is 0. The zero-order valence-electron chi connectivity index (χ0n) is 14.6. The van der Waals surface area contributed by atoms with E-state index in [1.165, 1.54) is 12.8 Å². The summed E-state index contributed by atoms with van der Waals surface area (Å²) in [6, 6.07) is 9.98. The molecule has 1 aromatic heterocycles. The summed E-state index contributed by atoms with van der Waals surface area (Å²) in [6.45, 7) is 2.71. The van der Waals surface area contributed by atoms with Crippen molar-refractivity contribution in [2.75, 3.05) is 13.1 Å². The number of carbonyl (C=O) groups excluding carboxylic acids is 1. The second-order valence-electron chi connectivity index (χ2n) is 7.25. The van der Waals surface area contributed by atoms with Gasteiger partial charge in [-0.15, -0.1) is 0 Å². The Kier molecular flexibility index (Phi) is 4.68. The van der Waals surface area contributed by atoms with Crippen molar-refractivity contribution in [3.63, 3.8) is 0 Å². The number of nitrogens with zero attached hydrogens (tertiary/aromatic N) is 3. The third-order valence-electron chi connectivity index (χ3n) is 5.22. The van der Waals surface area contributed by atoms with E-state index in [9.17, 15) is 4.79 Å². The van der Waals surface area contributed by atoms with Crippen LogP contribution in [0.3, 0.4) is 0 Å². The molecule has 2 heterocycles. The molecule has 25 heavy (non-hydrogen) atoms. The molecule has 4 rings (SSSR count). The van der Waals surface area contributed by atoms with Crippen molar-refractivity contribution in [1.29, 1.82) is 0 Å². The molecule has 130 valence electrons. The highest BCUT2D eigenvalue weighted by Crippen LogP contribution is 2.33. The molecule has 2 fully saturated rings. The molecule has 4 heteroatoms. The zero-order chi connectivity index (χ0) is 17.1. The second-order valence-corrected chi connectivity index (χ2v) is 7.25. The van der Waals surface area contributed by atoms with Crippen LogP contribution in [-0.4, -0.2) is 33.4 Å². The van der Waals surface area contributed by atoms with Crippen molar-refractivity contribution in [2.45, 2.75) is 38.1 Å². The van der Waals surface area contributed by atoms with Crippen molar-refractivity contribution in [2.24, 2.45) is 5.92 Å². The number of aromatic nitrogens is 2. The molecule has 1 atom stereocenters. The predicted molar refractivity (Wildman–Crippen MR) is 99.0 cm³/mol. The number of piperidine rings is 1. The van der Waals surface area contributed by atoms with Crippen LogP contribution in [0.2, 0.25) is 0 Å². The summed E-state index contributed by atoms with van der Waals surface area (Å²) >= 11 is 0. The van der Waals surface area contributed by atoms with E-state index in [4.69, 9.17) is 0 Å². The zero-order valence-corrected chi connectivity index (χ0v) is 14.6. The normalized spacial score (nSPS) is 21.0. The number of carbonyl (C=O) groups is 1. The summed E-state index contributed by atoms with van der Waals surface area (Å²) < 4.78 is 2.32. The van der Waals surface area contributed by atoms with E-state index < -0.39 is 0 Å². The lowest BCUT2D eigenvalue weighted by atomic mass is 9.97. The van der Waals surface area contributed by atoms with E-state index in [-0.39, 0.29) is 5.91 Å². The van der Waals surface area contributed by atoms with Gasteiger partial charge in [0.05, 0.1) is 0 Å². The second kappa shape index (κ2) is 7.26. The third kappa shape index (κ3) is 4.01. The highest BCUT2D eigenvalue weighted by Gasteiger charge is 2.28. The van der Waals surface area contributed by atoms with Gasteiger partial charge in [-0.1, -0.05) is 30.3 Å². The Labute approximate surface area is 149 Å². The molecule has 0 radical (unpaired) electrons. The molecule has 1 saturated carbocycles. The molecule has 2 aromatic rings. The highest BCUT2D eigenvalue weighted by molar-refractivity contribution is 5.91. The summed E-state index contributed by atoms with van der Waals surface area (Å²) in [5.74, 6) is 2.46. The van der Waals surface area contributed by atoms with E-state index >= 15 is 0 Å². The van der Waals surface area contributed by atoms with Crippen molar-refractivity contribution in [3.05, 3.63) is 60.2 Å². The molecule has 2 aliphatic rings. The summed E-state index contributed by atoms with van der Waals surface area (Å²) in [7, 11) is 0. The molecule has 1 unspecified atom stereocenters. The first-order valence-electron chi connectivity index (χ1n) is 9.32. The van der Waals surface area contributed by atoms with Crippen LogP contribution in [0.5, 0.6) is 0 Å². The lowest BCUT2D eigenvalue weighted by molar-refractivity contribution is -0.127. The molecular weight excluding hydrogens is 310 g/mol. The summed E-state index contributed by atoms with van der Waals surface area (Å²) in [4.78, 5) is 19.2.